The van der Waals surface area contributed by atoms with Crippen LogP contribution in [0.2, 0.25) is 5.02 Å². The van der Waals surface area contributed by atoms with Crippen LogP contribution in [0.1, 0.15) is 17.5 Å². The molecule has 3 aliphatic rings. The van der Waals surface area contributed by atoms with E-state index in [1.807, 2.05) is 48.7 Å². The van der Waals surface area contributed by atoms with Crippen molar-refractivity contribution in [1.29, 1.82) is 0 Å². The average Bonchev–Trinajstić information content (AvgIpc) is 3.53. The van der Waals surface area contributed by atoms with Crippen LogP contribution in [0, 0.1) is 23.7 Å². The van der Waals surface area contributed by atoms with Gasteiger partial charge in [0, 0.05) is 34.2 Å². The van der Waals surface area contributed by atoms with Crippen LogP contribution < -0.4 is 0 Å². The summed E-state index contributed by atoms with van der Waals surface area (Å²) in [6.45, 7) is 0.687. The Morgan fingerprint density at radius 2 is 1.65 bits per heavy atom. The van der Waals surface area contributed by atoms with Crippen LogP contribution in [0.3, 0.4) is 0 Å². The van der Waals surface area contributed by atoms with E-state index in [0.29, 0.717) is 11.6 Å². The molecule has 6 rings (SSSR count). The molecule has 31 heavy (non-hydrogen) atoms. The first-order valence-corrected chi connectivity index (χ1v) is 10.9. The Morgan fingerprint density at radius 1 is 0.968 bits per heavy atom. The van der Waals surface area contributed by atoms with Crippen LogP contribution in [0.4, 0.5) is 0 Å². The molecule has 0 unspecified atom stereocenters. The van der Waals surface area contributed by atoms with Gasteiger partial charge in [0.1, 0.15) is 0 Å². The molecule has 2 aromatic carbocycles. The molecule has 2 aliphatic carbocycles. The minimum Gasteiger partial charge on any atom is -0.342 e. The van der Waals surface area contributed by atoms with Crippen LogP contribution in [-0.2, 0) is 16.1 Å². The van der Waals surface area contributed by atoms with Crippen LogP contribution in [0.5, 0.6) is 0 Å². The fraction of sp³-hybridized carbons (Fsp3) is 0.240. The minimum atomic E-state index is -0.231. The number of carbonyl (C=O) groups excluding carboxylic acids is 2. The molecule has 1 aliphatic heterocycles. The summed E-state index contributed by atoms with van der Waals surface area (Å²) in [4.78, 5) is 25.8. The van der Waals surface area contributed by atoms with Crippen molar-refractivity contribution < 1.29 is 9.59 Å². The number of aromatic nitrogens is 1. The molecule has 2 fully saturated rings. The van der Waals surface area contributed by atoms with Crippen molar-refractivity contribution in [2.75, 3.05) is 0 Å². The smallest absolute Gasteiger partial charge is 0.254 e. The molecule has 1 saturated heterocycles. The fourth-order valence-corrected chi connectivity index (χ4v) is 5.54. The van der Waals surface area contributed by atoms with Gasteiger partial charge in [0.25, 0.3) is 11.8 Å². The summed E-state index contributed by atoms with van der Waals surface area (Å²) in [5.74, 6) is -0.404. The topological polar surface area (TPSA) is 54.7 Å². The second-order valence-electron chi connectivity index (χ2n) is 8.59. The molecule has 2 bridgehead atoms. The third-order valence-corrected chi connectivity index (χ3v) is 7.10. The Morgan fingerprint density at radius 3 is 2.35 bits per heavy atom. The van der Waals surface area contributed by atoms with E-state index in [9.17, 15) is 9.59 Å². The van der Waals surface area contributed by atoms with Crippen molar-refractivity contribution in [1.82, 2.24) is 9.58 Å². The summed E-state index contributed by atoms with van der Waals surface area (Å²) in [7, 11) is 0. The highest BCUT2D eigenvalue weighted by molar-refractivity contribution is 6.30. The summed E-state index contributed by atoms with van der Waals surface area (Å²) in [5, 5.41) is 7.21. The van der Waals surface area contributed by atoms with Gasteiger partial charge in [0.05, 0.1) is 18.1 Å². The van der Waals surface area contributed by atoms with Gasteiger partial charge in [0.2, 0.25) is 0 Å². The van der Waals surface area contributed by atoms with Gasteiger partial charge in [-0.3, -0.25) is 9.59 Å². The molecular weight excluding hydrogens is 410 g/mol. The molecular formula is C25H20ClN3O2. The van der Waals surface area contributed by atoms with Crippen molar-refractivity contribution in [3.63, 3.8) is 0 Å². The number of amides is 2. The van der Waals surface area contributed by atoms with Gasteiger partial charge < -0.3 is 4.57 Å². The molecule has 0 radical (unpaired) electrons. The number of benzene rings is 2. The van der Waals surface area contributed by atoms with Crippen molar-refractivity contribution in [3.8, 4) is 0 Å². The number of nitrogens with zero attached hydrogens (tertiary/aromatic N) is 3. The lowest BCUT2D eigenvalue weighted by molar-refractivity contribution is -0.140. The first kappa shape index (κ1) is 18.6. The molecule has 2 amide bonds. The van der Waals surface area contributed by atoms with Gasteiger partial charge in [-0.25, -0.2) is 0 Å². The lowest BCUT2D eigenvalue weighted by Crippen LogP contribution is -2.28. The first-order chi connectivity index (χ1) is 15.1. The van der Waals surface area contributed by atoms with E-state index in [4.69, 9.17) is 11.6 Å². The number of halogens is 1. The van der Waals surface area contributed by atoms with Crippen molar-refractivity contribution >= 4 is 40.5 Å². The van der Waals surface area contributed by atoms with Gasteiger partial charge in [-0.1, -0.05) is 54.1 Å². The number of imide groups is 1. The fourth-order valence-electron chi connectivity index (χ4n) is 5.42. The maximum Gasteiger partial charge on any atom is 0.254 e. The number of fused-ring (bicyclic) bond motifs is 6. The Bertz CT molecular complexity index is 1240. The van der Waals surface area contributed by atoms with Crippen molar-refractivity contribution in [3.05, 3.63) is 83.0 Å². The van der Waals surface area contributed by atoms with E-state index in [1.54, 1.807) is 6.21 Å². The summed E-state index contributed by atoms with van der Waals surface area (Å²) >= 11 is 6.01. The predicted octanol–water partition coefficient (Wildman–Crippen LogP) is 4.48. The Hall–Kier alpha value is -3.18. The molecule has 6 heteroatoms. The van der Waals surface area contributed by atoms with Crippen LogP contribution in [0.15, 0.2) is 72.0 Å². The van der Waals surface area contributed by atoms with E-state index in [1.165, 1.54) is 0 Å². The van der Waals surface area contributed by atoms with E-state index >= 15 is 0 Å². The zero-order chi connectivity index (χ0) is 21.1. The summed E-state index contributed by atoms with van der Waals surface area (Å²) in [5.41, 5.74) is 3.08. The maximum absolute atomic E-state index is 12.9. The number of carbonyl (C=O) groups is 2. The lowest BCUT2D eigenvalue weighted by atomic mass is 9.85. The summed E-state index contributed by atoms with van der Waals surface area (Å²) in [6, 6.07) is 15.8. The van der Waals surface area contributed by atoms with E-state index < -0.39 is 0 Å². The van der Waals surface area contributed by atoms with Crippen LogP contribution >= 0.6 is 11.6 Å². The number of hydrazone groups is 1. The second-order valence-corrected chi connectivity index (χ2v) is 9.03. The standard InChI is InChI=1S/C25H20ClN3O2/c26-19-9-5-15(6-10-19)13-28-14-18(20-3-1-2-4-21(20)28)12-27-29-24(30)22-16-7-8-17(11-16)23(22)25(29)31/h1-10,12,14,16-17,22-23H,11,13H2/b27-12-/t16-,17-,22-,23-/m0/s1. The molecule has 1 saturated carbocycles. The van der Waals surface area contributed by atoms with Crippen LogP contribution in [0.25, 0.3) is 10.9 Å². The quantitative estimate of drug-likeness (QED) is 0.348. The number of hydrogen-bond donors (Lipinski definition) is 0. The second kappa shape index (κ2) is 6.92. The van der Waals surface area contributed by atoms with Crippen molar-refractivity contribution in [2.24, 2.45) is 28.8 Å². The zero-order valence-corrected chi connectivity index (χ0v) is 17.4. The normalized spacial score (nSPS) is 26.7. The highest BCUT2D eigenvalue weighted by atomic mass is 35.5. The largest absolute Gasteiger partial charge is 0.342 e. The Balaban J connectivity index is 1.31. The van der Waals surface area contributed by atoms with Crippen LogP contribution in [-0.4, -0.2) is 27.6 Å². The van der Waals surface area contributed by atoms with E-state index in [0.717, 1.165) is 33.5 Å². The van der Waals surface area contributed by atoms with Crippen molar-refractivity contribution in [2.45, 2.75) is 13.0 Å². The first-order valence-electron chi connectivity index (χ1n) is 10.5. The SMILES string of the molecule is O=C1[C@@H]2[C@@H](C(=O)N1/N=C\c1cn(Cc3ccc(Cl)cc3)c3ccccc13)[C@H]1C=C[C@H]2C1. The predicted molar refractivity (Wildman–Crippen MR) is 120 cm³/mol. The van der Waals surface area contributed by atoms with Gasteiger partial charge in [0.15, 0.2) is 0 Å². The molecule has 4 atom stereocenters. The number of allylic oxidation sites excluding steroid dienone is 2. The summed E-state index contributed by atoms with van der Waals surface area (Å²) < 4.78 is 2.15. The third kappa shape index (κ3) is 2.87. The minimum absolute atomic E-state index is 0.159. The molecule has 1 aromatic heterocycles. The maximum atomic E-state index is 12.9. The van der Waals surface area contributed by atoms with Gasteiger partial charge in [-0.2, -0.15) is 10.1 Å². The van der Waals surface area contributed by atoms with Gasteiger partial charge in [-0.05, 0) is 42.0 Å². The molecule has 5 nitrogen and oxygen atoms in total. The van der Waals surface area contributed by atoms with Gasteiger partial charge >= 0.3 is 0 Å². The molecule has 0 N–H and O–H groups in total. The molecule has 154 valence electrons. The lowest BCUT2D eigenvalue weighted by Gasteiger charge is -2.13. The zero-order valence-electron chi connectivity index (χ0n) is 16.7. The average molecular weight is 430 g/mol. The summed E-state index contributed by atoms with van der Waals surface area (Å²) in [6.07, 6.45) is 8.76. The molecule has 3 aromatic rings. The Kier molecular flexibility index (Phi) is 4.15. The highest BCUT2D eigenvalue weighted by Gasteiger charge is 2.59. The number of para-hydroxylation sites is 1. The van der Waals surface area contributed by atoms with E-state index in [2.05, 4.69) is 27.9 Å². The third-order valence-electron chi connectivity index (χ3n) is 6.84. The van der Waals surface area contributed by atoms with Gasteiger partial charge in [-0.15, -0.1) is 0 Å². The number of rotatable bonds is 4. The molecule has 2 heterocycles. The van der Waals surface area contributed by atoms with E-state index in [-0.39, 0.29) is 35.5 Å². The number of hydrogen-bond acceptors (Lipinski definition) is 3. The highest BCUT2D eigenvalue weighted by Crippen LogP contribution is 2.52. The monoisotopic (exact) mass is 429 g/mol. The Labute approximate surface area is 184 Å². The molecule has 0 spiro atoms.